The molecule has 0 fully saturated rings. The number of nitrogens with zero attached hydrogens (tertiary/aromatic N) is 1. The van der Waals surface area contributed by atoms with Crippen molar-refractivity contribution in [1.29, 1.82) is 0 Å². The van der Waals surface area contributed by atoms with Crippen molar-refractivity contribution in [3.05, 3.63) is 90.5 Å². The molecule has 0 aliphatic heterocycles. The summed E-state index contributed by atoms with van der Waals surface area (Å²) in [6.45, 7) is 7.15. The lowest BCUT2D eigenvalue weighted by atomic mass is 10.0. The van der Waals surface area contributed by atoms with Crippen LogP contribution >= 0.6 is 7.60 Å². The summed E-state index contributed by atoms with van der Waals surface area (Å²) >= 11 is 0. The topological polar surface area (TPSA) is 134 Å². The first kappa shape index (κ1) is 34.5. The Labute approximate surface area is 259 Å². The van der Waals surface area contributed by atoms with Crippen LogP contribution in [0.25, 0.3) is 11.1 Å². The van der Waals surface area contributed by atoms with Gasteiger partial charge in [0.2, 0.25) is 5.91 Å². The van der Waals surface area contributed by atoms with Gasteiger partial charge in [-0.2, -0.15) is 0 Å². The first-order valence-corrected chi connectivity index (χ1v) is 16.4. The zero-order chi connectivity index (χ0) is 32.1. The number of para-hydroxylation sites is 1. The van der Waals surface area contributed by atoms with Gasteiger partial charge in [0.05, 0.1) is 12.5 Å². The van der Waals surface area contributed by atoms with Crippen molar-refractivity contribution >= 4 is 25.4 Å². The maximum Gasteiger partial charge on any atom is 0.390 e. The number of hydrogen-bond donors (Lipinski definition) is 3. The maximum atomic E-state index is 13.2. The zero-order valence-corrected chi connectivity index (χ0v) is 26.5. The monoisotopic (exact) mass is 623 g/mol. The van der Waals surface area contributed by atoms with Crippen molar-refractivity contribution in [2.24, 2.45) is 0 Å². The number of nitrogens with one attached hydrogen (secondary N) is 2. The second kappa shape index (κ2) is 16.8. The summed E-state index contributed by atoms with van der Waals surface area (Å²) in [5.74, 6) is -1.14. The SMILES string of the molecule is CC(C)N(C(=O)COC(=O)CCNC(=O)[C@H](Cc1ccc(-c2ccccc2)cc1)NCP(=O)(O)Oc1ccccc1)C(C)C. The van der Waals surface area contributed by atoms with Crippen LogP contribution in [0.4, 0.5) is 0 Å². The quantitative estimate of drug-likeness (QED) is 0.154. The molecule has 2 amide bonds. The van der Waals surface area contributed by atoms with Gasteiger partial charge in [-0.05, 0) is 62.9 Å². The number of ether oxygens (including phenoxy) is 1. The van der Waals surface area contributed by atoms with E-state index in [9.17, 15) is 23.8 Å². The molecule has 3 rings (SSSR count). The van der Waals surface area contributed by atoms with E-state index in [0.717, 1.165) is 16.7 Å². The molecule has 1 unspecified atom stereocenters. The molecule has 3 N–H and O–H groups in total. The van der Waals surface area contributed by atoms with Crippen molar-refractivity contribution < 1.29 is 33.1 Å². The summed E-state index contributed by atoms with van der Waals surface area (Å²) < 4.78 is 23.2. The number of benzene rings is 3. The minimum atomic E-state index is -4.14. The summed E-state index contributed by atoms with van der Waals surface area (Å²) in [6, 6.07) is 24.9. The minimum Gasteiger partial charge on any atom is -0.456 e. The Kier molecular flexibility index (Phi) is 13.1. The summed E-state index contributed by atoms with van der Waals surface area (Å²) in [5.41, 5.74) is 2.90. The van der Waals surface area contributed by atoms with Crippen LogP contribution in [-0.2, 0) is 30.1 Å². The van der Waals surface area contributed by atoms with E-state index in [1.54, 1.807) is 35.2 Å². The molecule has 0 saturated carbocycles. The number of rotatable bonds is 16. The number of carbonyl (C=O) groups excluding carboxylic acids is 3. The lowest BCUT2D eigenvalue weighted by molar-refractivity contribution is -0.153. The van der Waals surface area contributed by atoms with Gasteiger partial charge in [0, 0.05) is 18.6 Å². The molecule has 0 bridgehead atoms. The van der Waals surface area contributed by atoms with Crippen molar-refractivity contribution in [3.63, 3.8) is 0 Å². The highest BCUT2D eigenvalue weighted by atomic mass is 31.2. The first-order chi connectivity index (χ1) is 20.9. The van der Waals surface area contributed by atoms with Crippen molar-refractivity contribution in [2.45, 2.75) is 58.7 Å². The molecule has 0 aliphatic rings. The van der Waals surface area contributed by atoms with Gasteiger partial charge in [-0.1, -0.05) is 72.8 Å². The summed E-state index contributed by atoms with van der Waals surface area (Å²) in [4.78, 5) is 50.0. The standard InChI is InChI=1S/C33H42N3O7P/c1-24(2)36(25(3)4)31(37)22-42-32(38)19-20-34-33(39)30(35-23-44(40,41)43-29-13-9-6-10-14-29)21-26-15-17-28(18-16-26)27-11-7-5-8-12-27/h5-18,24-25,30,35H,19-23H2,1-4H3,(H,34,39)(H,40,41)/t30-/m0/s1. The summed E-state index contributed by atoms with van der Waals surface area (Å²) in [6.07, 6.45) is -0.406. The predicted molar refractivity (Wildman–Crippen MR) is 170 cm³/mol. The lowest BCUT2D eigenvalue weighted by Crippen LogP contribution is -2.46. The predicted octanol–water partition coefficient (Wildman–Crippen LogP) is 4.77. The van der Waals surface area contributed by atoms with Crippen LogP contribution in [0.3, 0.4) is 0 Å². The molecular weight excluding hydrogens is 581 g/mol. The third-order valence-corrected chi connectivity index (χ3v) is 7.81. The van der Waals surface area contributed by atoms with Gasteiger partial charge in [-0.15, -0.1) is 0 Å². The van der Waals surface area contributed by atoms with Crippen molar-refractivity contribution in [1.82, 2.24) is 15.5 Å². The number of amides is 2. The van der Waals surface area contributed by atoms with E-state index in [0.29, 0.717) is 0 Å². The smallest absolute Gasteiger partial charge is 0.390 e. The highest BCUT2D eigenvalue weighted by Crippen LogP contribution is 2.41. The van der Waals surface area contributed by atoms with Crippen molar-refractivity contribution in [2.75, 3.05) is 19.4 Å². The molecule has 0 spiro atoms. The molecule has 3 aromatic rings. The highest BCUT2D eigenvalue weighted by Gasteiger charge is 2.27. The number of hydrogen-bond acceptors (Lipinski definition) is 7. The van der Waals surface area contributed by atoms with Gasteiger partial charge in [-0.3, -0.25) is 19.7 Å². The average molecular weight is 624 g/mol. The van der Waals surface area contributed by atoms with Gasteiger partial charge >= 0.3 is 13.6 Å². The van der Waals surface area contributed by atoms with Crippen LogP contribution in [-0.4, -0.2) is 65.1 Å². The van der Waals surface area contributed by atoms with Crippen molar-refractivity contribution in [3.8, 4) is 16.9 Å². The molecule has 236 valence electrons. The highest BCUT2D eigenvalue weighted by molar-refractivity contribution is 7.53. The molecule has 0 aromatic heterocycles. The van der Waals surface area contributed by atoms with E-state index < -0.39 is 31.8 Å². The molecule has 0 aliphatic carbocycles. The second-order valence-corrected chi connectivity index (χ2v) is 12.7. The second-order valence-electron chi connectivity index (χ2n) is 10.9. The Hall–Kier alpha value is -3.98. The number of esters is 1. The fourth-order valence-electron chi connectivity index (χ4n) is 4.73. The Morgan fingerprint density at radius 2 is 1.41 bits per heavy atom. The van der Waals surface area contributed by atoms with Gasteiger partial charge < -0.3 is 24.4 Å². The van der Waals surface area contributed by atoms with E-state index in [-0.39, 0.29) is 49.7 Å². The first-order valence-electron chi connectivity index (χ1n) is 14.6. The Balaban J connectivity index is 1.60. The third-order valence-electron chi connectivity index (χ3n) is 6.73. The molecule has 0 radical (unpaired) electrons. The largest absolute Gasteiger partial charge is 0.456 e. The Bertz CT molecular complexity index is 1390. The van der Waals surface area contributed by atoms with E-state index in [2.05, 4.69) is 10.6 Å². The van der Waals surface area contributed by atoms with Crippen LogP contribution in [0.5, 0.6) is 5.75 Å². The Morgan fingerprint density at radius 1 is 0.841 bits per heavy atom. The van der Waals surface area contributed by atoms with Gasteiger partial charge in [-0.25, -0.2) is 4.57 Å². The van der Waals surface area contributed by atoms with Gasteiger partial charge in [0.25, 0.3) is 5.91 Å². The van der Waals surface area contributed by atoms with Gasteiger partial charge in [0.1, 0.15) is 12.0 Å². The molecule has 0 saturated heterocycles. The van der Waals surface area contributed by atoms with E-state index in [1.807, 2.05) is 82.3 Å². The van der Waals surface area contributed by atoms with E-state index in [4.69, 9.17) is 9.26 Å². The van der Waals surface area contributed by atoms with Crippen LogP contribution in [0, 0.1) is 0 Å². The minimum absolute atomic E-state index is 0.0354. The number of carbonyl (C=O) groups is 3. The van der Waals surface area contributed by atoms with Crippen LogP contribution in [0.1, 0.15) is 39.7 Å². The van der Waals surface area contributed by atoms with Crippen LogP contribution < -0.4 is 15.2 Å². The van der Waals surface area contributed by atoms with Gasteiger partial charge in [0.15, 0.2) is 6.61 Å². The van der Waals surface area contributed by atoms with E-state index in [1.165, 1.54) is 0 Å². The van der Waals surface area contributed by atoms with E-state index >= 15 is 0 Å². The molecule has 2 atom stereocenters. The zero-order valence-electron chi connectivity index (χ0n) is 25.6. The molecule has 11 heteroatoms. The molecule has 3 aromatic carbocycles. The molecular formula is C33H42N3O7P. The molecule has 0 heterocycles. The fraction of sp³-hybridized carbons (Fsp3) is 0.364. The van der Waals surface area contributed by atoms with Crippen LogP contribution in [0.2, 0.25) is 0 Å². The summed E-state index contributed by atoms with van der Waals surface area (Å²) in [5, 5.41) is 5.56. The lowest BCUT2D eigenvalue weighted by Gasteiger charge is -2.30. The maximum absolute atomic E-state index is 13.2. The Morgan fingerprint density at radius 3 is 2.00 bits per heavy atom. The third kappa shape index (κ3) is 11.3. The molecule has 10 nitrogen and oxygen atoms in total. The normalized spacial score (nSPS) is 13.2. The average Bonchev–Trinajstić information content (AvgIpc) is 2.99. The fourth-order valence-corrected chi connectivity index (χ4v) is 5.70. The summed E-state index contributed by atoms with van der Waals surface area (Å²) in [7, 11) is -4.14. The molecule has 44 heavy (non-hydrogen) atoms. The van der Waals surface area contributed by atoms with Crippen LogP contribution in [0.15, 0.2) is 84.9 Å².